The van der Waals surface area contributed by atoms with E-state index in [1.165, 1.54) is 0 Å². The molecule has 3 aromatic rings. The molecule has 0 saturated carbocycles. The smallest absolute Gasteiger partial charge is 0.409 e. The molecule has 26 heavy (non-hydrogen) atoms. The van der Waals surface area contributed by atoms with Gasteiger partial charge in [-0.1, -0.05) is 30.3 Å². The van der Waals surface area contributed by atoms with Crippen LogP contribution >= 0.6 is 0 Å². The number of nitrogens with one attached hydrogen (secondary N) is 1. The van der Waals surface area contributed by atoms with Gasteiger partial charge in [0, 0.05) is 37.0 Å². The standard InChI is InChI=1S/C20H20N4O2/c25-20(26-17-7-4-10-21-13-17)24-11-8-16(9-12-24)19-22-14-18(23-19)15-5-2-1-3-6-15/h1-7,10,13-14,16H,8-9,11-12H2,(H,22,23). The number of amides is 1. The highest BCUT2D eigenvalue weighted by Crippen LogP contribution is 2.28. The summed E-state index contributed by atoms with van der Waals surface area (Å²) < 4.78 is 5.36. The topological polar surface area (TPSA) is 71.1 Å². The summed E-state index contributed by atoms with van der Waals surface area (Å²) in [6, 6.07) is 13.6. The number of imidazole rings is 1. The lowest BCUT2D eigenvalue weighted by Crippen LogP contribution is -2.39. The summed E-state index contributed by atoms with van der Waals surface area (Å²) in [4.78, 5) is 26.0. The number of piperidine rings is 1. The van der Waals surface area contributed by atoms with Gasteiger partial charge in [-0.3, -0.25) is 4.98 Å². The molecule has 4 rings (SSSR count). The normalized spacial score (nSPS) is 15.0. The van der Waals surface area contributed by atoms with Gasteiger partial charge in [0.2, 0.25) is 0 Å². The van der Waals surface area contributed by atoms with Gasteiger partial charge < -0.3 is 14.6 Å². The summed E-state index contributed by atoms with van der Waals surface area (Å²) in [6.45, 7) is 1.32. The number of aromatic nitrogens is 3. The Morgan fingerprint density at radius 1 is 1.12 bits per heavy atom. The lowest BCUT2D eigenvalue weighted by Gasteiger charge is -2.30. The molecular weight excluding hydrogens is 328 g/mol. The number of likely N-dealkylation sites (tertiary alicyclic amines) is 1. The van der Waals surface area contributed by atoms with Gasteiger partial charge in [-0.15, -0.1) is 0 Å². The molecule has 2 aromatic heterocycles. The average molecular weight is 348 g/mol. The zero-order valence-electron chi connectivity index (χ0n) is 14.3. The van der Waals surface area contributed by atoms with Crippen molar-refractivity contribution in [3.05, 3.63) is 66.9 Å². The number of hydrogen-bond donors (Lipinski definition) is 1. The highest BCUT2D eigenvalue weighted by molar-refractivity contribution is 5.70. The molecular formula is C20H20N4O2. The third kappa shape index (κ3) is 3.59. The number of carbonyl (C=O) groups excluding carboxylic acids is 1. The Kier molecular flexibility index (Phi) is 4.64. The minimum atomic E-state index is -0.319. The summed E-state index contributed by atoms with van der Waals surface area (Å²) in [5.74, 6) is 1.79. The van der Waals surface area contributed by atoms with E-state index in [2.05, 4.69) is 22.1 Å². The highest BCUT2D eigenvalue weighted by Gasteiger charge is 2.26. The van der Waals surface area contributed by atoms with Crippen LogP contribution in [0.15, 0.2) is 61.1 Å². The second kappa shape index (κ2) is 7.39. The summed E-state index contributed by atoms with van der Waals surface area (Å²) in [6.07, 6.45) is 6.55. The van der Waals surface area contributed by atoms with E-state index in [-0.39, 0.29) is 6.09 Å². The predicted molar refractivity (Wildman–Crippen MR) is 97.8 cm³/mol. The number of rotatable bonds is 3. The Morgan fingerprint density at radius 2 is 1.92 bits per heavy atom. The molecule has 1 N–H and O–H groups in total. The fraction of sp³-hybridized carbons (Fsp3) is 0.250. The van der Waals surface area contributed by atoms with Crippen LogP contribution in [0.25, 0.3) is 11.3 Å². The number of hydrogen-bond acceptors (Lipinski definition) is 4. The van der Waals surface area contributed by atoms with Gasteiger partial charge in [0.1, 0.15) is 5.82 Å². The lowest BCUT2D eigenvalue weighted by atomic mass is 9.96. The minimum Gasteiger partial charge on any atom is -0.409 e. The van der Waals surface area contributed by atoms with Crippen molar-refractivity contribution in [2.24, 2.45) is 0 Å². The highest BCUT2D eigenvalue weighted by atomic mass is 16.6. The van der Waals surface area contributed by atoms with Crippen LogP contribution in [-0.4, -0.2) is 39.0 Å². The molecule has 1 aliphatic heterocycles. The third-order valence-corrected chi connectivity index (χ3v) is 4.65. The van der Waals surface area contributed by atoms with Gasteiger partial charge in [-0.05, 0) is 25.0 Å². The van der Waals surface area contributed by atoms with Crippen LogP contribution < -0.4 is 4.74 Å². The van der Waals surface area contributed by atoms with Gasteiger partial charge in [0.25, 0.3) is 0 Å². The van der Waals surface area contributed by atoms with E-state index in [1.807, 2.05) is 24.4 Å². The molecule has 0 aliphatic carbocycles. The predicted octanol–water partition coefficient (Wildman–Crippen LogP) is 3.85. The van der Waals surface area contributed by atoms with Crippen LogP contribution in [0.2, 0.25) is 0 Å². The monoisotopic (exact) mass is 348 g/mol. The second-order valence-corrected chi connectivity index (χ2v) is 6.36. The fourth-order valence-electron chi connectivity index (χ4n) is 3.21. The molecule has 1 amide bonds. The molecule has 132 valence electrons. The van der Waals surface area contributed by atoms with E-state index in [1.54, 1.807) is 29.4 Å². The van der Waals surface area contributed by atoms with Crippen LogP contribution in [0.3, 0.4) is 0 Å². The zero-order valence-corrected chi connectivity index (χ0v) is 14.3. The van der Waals surface area contributed by atoms with E-state index in [0.717, 1.165) is 29.9 Å². The Hall–Kier alpha value is -3.15. The first-order valence-electron chi connectivity index (χ1n) is 8.77. The van der Waals surface area contributed by atoms with Gasteiger partial charge in [0.15, 0.2) is 5.75 Å². The SMILES string of the molecule is O=C(Oc1cccnc1)N1CCC(c2nc(-c3ccccc3)c[nH]2)CC1. The maximum absolute atomic E-state index is 12.3. The summed E-state index contributed by atoms with van der Waals surface area (Å²) >= 11 is 0. The first-order chi connectivity index (χ1) is 12.8. The molecule has 1 aliphatic rings. The van der Waals surface area contributed by atoms with E-state index >= 15 is 0 Å². The van der Waals surface area contributed by atoms with E-state index < -0.39 is 0 Å². The quantitative estimate of drug-likeness (QED) is 0.780. The average Bonchev–Trinajstić information content (AvgIpc) is 3.20. The number of aromatic amines is 1. The first kappa shape index (κ1) is 16.3. The number of nitrogens with zero attached hydrogens (tertiary/aromatic N) is 3. The molecule has 1 aromatic carbocycles. The van der Waals surface area contributed by atoms with Crippen molar-refractivity contribution in [1.82, 2.24) is 19.9 Å². The lowest BCUT2D eigenvalue weighted by molar-refractivity contribution is 0.138. The Labute approximate surface area is 151 Å². The molecule has 1 fully saturated rings. The van der Waals surface area contributed by atoms with Crippen LogP contribution in [-0.2, 0) is 0 Å². The van der Waals surface area contributed by atoms with E-state index in [4.69, 9.17) is 9.72 Å². The Balaban J connectivity index is 1.35. The Morgan fingerprint density at radius 3 is 2.65 bits per heavy atom. The number of H-pyrrole nitrogens is 1. The molecule has 1 saturated heterocycles. The van der Waals surface area contributed by atoms with Crippen molar-refractivity contribution in [3.8, 4) is 17.0 Å². The van der Waals surface area contributed by atoms with Crippen molar-refractivity contribution in [3.63, 3.8) is 0 Å². The second-order valence-electron chi connectivity index (χ2n) is 6.36. The van der Waals surface area contributed by atoms with Crippen LogP contribution in [0.1, 0.15) is 24.6 Å². The summed E-state index contributed by atoms with van der Waals surface area (Å²) in [5.41, 5.74) is 2.06. The molecule has 0 bridgehead atoms. The number of ether oxygens (including phenoxy) is 1. The van der Waals surface area contributed by atoms with Gasteiger partial charge in [0.05, 0.1) is 11.9 Å². The largest absolute Gasteiger partial charge is 0.415 e. The van der Waals surface area contributed by atoms with E-state index in [9.17, 15) is 4.79 Å². The van der Waals surface area contributed by atoms with Gasteiger partial charge >= 0.3 is 6.09 Å². The Bertz CT molecular complexity index is 856. The van der Waals surface area contributed by atoms with Crippen LogP contribution in [0.5, 0.6) is 5.75 Å². The molecule has 6 nitrogen and oxygen atoms in total. The molecule has 0 radical (unpaired) electrons. The van der Waals surface area contributed by atoms with Crippen molar-refractivity contribution >= 4 is 6.09 Å². The fourth-order valence-corrected chi connectivity index (χ4v) is 3.21. The van der Waals surface area contributed by atoms with Crippen LogP contribution in [0.4, 0.5) is 4.79 Å². The van der Waals surface area contributed by atoms with Crippen LogP contribution in [0, 0.1) is 0 Å². The molecule has 0 atom stereocenters. The molecule has 0 spiro atoms. The maximum atomic E-state index is 12.3. The number of benzene rings is 1. The zero-order chi connectivity index (χ0) is 17.8. The maximum Gasteiger partial charge on any atom is 0.415 e. The van der Waals surface area contributed by atoms with Crippen molar-refractivity contribution in [2.45, 2.75) is 18.8 Å². The number of pyridine rings is 1. The third-order valence-electron chi connectivity index (χ3n) is 4.65. The number of carbonyl (C=O) groups is 1. The van der Waals surface area contributed by atoms with Gasteiger partial charge in [-0.2, -0.15) is 0 Å². The van der Waals surface area contributed by atoms with E-state index in [0.29, 0.717) is 24.8 Å². The van der Waals surface area contributed by atoms with Crippen molar-refractivity contribution in [2.75, 3.05) is 13.1 Å². The van der Waals surface area contributed by atoms with Crippen molar-refractivity contribution in [1.29, 1.82) is 0 Å². The van der Waals surface area contributed by atoms with Gasteiger partial charge in [-0.25, -0.2) is 9.78 Å². The summed E-state index contributed by atoms with van der Waals surface area (Å²) in [5, 5.41) is 0. The first-order valence-corrected chi connectivity index (χ1v) is 8.77. The summed E-state index contributed by atoms with van der Waals surface area (Å²) in [7, 11) is 0. The minimum absolute atomic E-state index is 0.319. The van der Waals surface area contributed by atoms with Crippen molar-refractivity contribution < 1.29 is 9.53 Å². The molecule has 0 unspecified atom stereocenters. The molecule has 6 heteroatoms. The molecule has 3 heterocycles.